The van der Waals surface area contributed by atoms with Gasteiger partial charge in [-0.2, -0.15) is 0 Å². The Morgan fingerprint density at radius 3 is 2.61 bits per heavy atom. The summed E-state index contributed by atoms with van der Waals surface area (Å²) in [5.74, 6) is -0.365. The van der Waals surface area contributed by atoms with E-state index >= 15 is 0 Å². The van der Waals surface area contributed by atoms with Gasteiger partial charge in [0.1, 0.15) is 0 Å². The van der Waals surface area contributed by atoms with E-state index in [9.17, 15) is 13.2 Å². The molecule has 0 amide bonds. The summed E-state index contributed by atoms with van der Waals surface area (Å²) in [6, 6.07) is 0. The maximum Gasteiger partial charge on any atom is 0.303 e. The van der Waals surface area contributed by atoms with Crippen LogP contribution < -0.4 is 4.72 Å². The SMILES string of the molecule is O=C(O)CCCNS(=O)(=O)CCC1CCOCC1. The highest BCUT2D eigenvalue weighted by atomic mass is 32.2. The van der Waals surface area contributed by atoms with Crippen LogP contribution in [0.2, 0.25) is 0 Å². The summed E-state index contributed by atoms with van der Waals surface area (Å²) in [6.07, 6.45) is 2.81. The predicted octanol–water partition coefficient (Wildman–Crippen LogP) is 0.587. The summed E-state index contributed by atoms with van der Waals surface area (Å²) in [6.45, 7) is 1.63. The maximum atomic E-state index is 11.6. The van der Waals surface area contributed by atoms with Crippen molar-refractivity contribution < 1.29 is 23.1 Å². The van der Waals surface area contributed by atoms with Gasteiger partial charge in [0.25, 0.3) is 0 Å². The molecule has 0 aromatic heterocycles. The molecule has 1 fully saturated rings. The number of rotatable bonds is 8. The molecule has 1 heterocycles. The molecule has 1 aliphatic heterocycles. The van der Waals surface area contributed by atoms with E-state index in [4.69, 9.17) is 9.84 Å². The van der Waals surface area contributed by atoms with Crippen molar-refractivity contribution in [3.8, 4) is 0 Å². The van der Waals surface area contributed by atoms with Gasteiger partial charge in [-0.3, -0.25) is 4.79 Å². The summed E-state index contributed by atoms with van der Waals surface area (Å²) in [5, 5.41) is 8.43. The van der Waals surface area contributed by atoms with Crippen molar-refractivity contribution in [1.82, 2.24) is 4.72 Å². The summed E-state index contributed by atoms with van der Waals surface area (Å²) in [4.78, 5) is 10.3. The van der Waals surface area contributed by atoms with Crippen LogP contribution in [0.1, 0.15) is 32.1 Å². The Balaban J connectivity index is 2.16. The Morgan fingerprint density at radius 1 is 1.33 bits per heavy atom. The highest BCUT2D eigenvalue weighted by molar-refractivity contribution is 7.89. The third kappa shape index (κ3) is 6.93. The second kappa shape index (κ2) is 7.70. The number of sulfonamides is 1. The molecule has 0 unspecified atom stereocenters. The quantitative estimate of drug-likeness (QED) is 0.634. The number of hydrogen-bond acceptors (Lipinski definition) is 4. The number of aliphatic carboxylic acids is 1. The molecule has 0 bridgehead atoms. The Hall–Kier alpha value is -0.660. The number of hydrogen-bond donors (Lipinski definition) is 2. The standard InChI is InChI=1S/C11H21NO5S/c13-11(14)2-1-6-12-18(15,16)9-5-10-3-7-17-8-4-10/h10,12H,1-9H2,(H,13,14). The predicted molar refractivity (Wildman–Crippen MR) is 66.8 cm³/mol. The minimum atomic E-state index is -3.26. The first-order chi connectivity index (χ1) is 8.49. The number of nitrogens with one attached hydrogen (secondary N) is 1. The smallest absolute Gasteiger partial charge is 0.303 e. The van der Waals surface area contributed by atoms with E-state index in [0.29, 0.717) is 18.8 Å². The summed E-state index contributed by atoms with van der Waals surface area (Å²) < 4.78 is 30.9. The second-order valence-corrected chi connectivity index (χ2v) is 6.48. The molecule has 1 aliphatic rings. The van der Waals surface area contributed by atoms with Crippen molar-refractivity contribution in [3.63, 3.8) is 0 Å². The van der Waals surface area contributed by atoms with E-state index in [0.717, 1.165) is 26.1 Å². The van der Waals surface area contributed by atoms with Gasteiger partial charge in [0, 0.05) is 26.2 Å². The van der Waals surface area contributed by atoms with E-state index in [1.165, 1.54) is 0 Å². The summed E-state index contributed by atoms with van der Waals surface area (Å²) >= 11 is 0. The van der Waals surface area contributed by atoms with Gasteiger partial charge in [-0.15, -0.1) is 0 Å². The van der Waals surface area contributed by atoms with Crippen LogP contribution in [-0.2, 0) is 19.6 Å². The van der Waals surface area contributed by atoms with E-state index in [2.05, 4.69) is 4.72 Å². The Bertz CT molecular complexity index is 348. The van der Waals surface area contributed by atoms with Crippen molar-refractivity contribution in [3.05, 3.63) is 0 Å². The lowest BCUT2D eigenvalue weighted by atomic mass is 9.98. The Kier molecular flexibility index (Phi) is 6.59. The monoisotopic (exact) mass is 279 g/mol. The second-order valence-electron chi connectivity index (χ2n) is 4.55. The van der Waals surface area contributed by atoms with E-state index in [1.54, 1.807) is 0 Å². The molecular weight excluding hydrogens is 258 g/mol. The molecular formula is C11H21NO5S. The van der Waals surface area contributed by atoms with Gasteiger partial charge in [0.2, 0.25) is 10.0 Å². The van der Waals surface area contributed by atoms with Crippen molar-refractivity contribution >= 4 is 16.0 Å². The normalized spacial score (nSPS) is 17.8. The first-order valence-electron chi connectivity index (χ1n) is 6.26. The van der Waals surface area contributed by atoms with E-state index in [-0.39, 0.29) is 18.7 Å². The fourth-order valence-electron chi connectivity index (χ4n) is 1.90. The van der Waals surface area contributed by atoms with Crippen LogP contribution in [0.4, 0.5) is 0 Å². The molecule has 1 saturated heterocycles. The summed E-state index contributed by atoms with van der Waals surface area (Å²) in [7, 11) is -3.26. The average molecular weight is 279 g/mol. The van der Waals surface area contributed by atoms with E-state index in [1.807, 2.05) is 0 Å². The van der Waals surface area contributed by atoms with Crippen molar-refractivity contribution in [1.29, 1.82) is 0 Å². The Labute approximate surface area is 108 Å². The van der Waals surface area contributed by atoms with Crippen molar-refractivity contribution in [2.75, 3.05) is 25.5 Å². The minimum Gasteiger partial charge on any atom is -0.481 e. The van der Waals surface area contributed by atoms with Crippen LogP contribution >= 0.6 is 0 Å². The first-order valence-corrected chi connectivity index (χ1v) is 7.92. The third-order valence-corrected chi connectivity index (χ3v) is 4.44. The van der Waals surface area contributed by atoms with Gasteiger partial charge in [-0.1, -0.05) is 0 Å². The average Bonchev–Trinajstić information content (AvgIpc) is 2.34. The largest absolute Gasteiger partial charge is 0.481 e. The zero-order valence-corrected chi connectivity index (χ0v) is 11.2. The maximum absolute atomic E-state index is 11.6. The number of carbonyl (C=O) groups is 1. The van der Waals surface area contributed by atoms with Crippen molar-refractivity contribution in [2.45, 2.75) is 32.1 Å². The van der Waals surface area contributed by atoms with Gasteiger partial charge in [0.05, 0.1) is 5.75 Å². The molecule has 6 nitrogen and oxygen atoms in total. The fraction of sp³-hybridized carbons (Fsp3) is 0.909. The lowest BCUT2D eigenvalue weighted by Gasteiger charge is -2.21. The molecule has 0 atom stereocenters. The molecule has 0 spiro atoms. The van der Waals surface area contributed by atoms with Gasteiger partial charge in [-0.25, -0.2) is 13.1 Å². The summed E-state index contributed by atoms with van der Waals surface area (Å²) in [5.41, 5.74) is 0. The fourth-order valence-corrected chi connectivity index (χ4v) is 3.14. The topological polar surface area (TPSA) is 92.7 Å². The van der Waals surface area contributed by atoms with Crippen LogP contribution in [0.25, 0.3) is 0 Å². The molecule has 7 heteroatoms. The van der Waals surface area contributed by atoms with Crippen LogP contribution in [0, 0.1) is 5.92 Å². The lowest BCUT2D eigenvalue weighted by molar-refractivity contribution is -0.137. The minimum absolute atomic E-state index is 0.0114. The zero-order valence-electron chi connectivity index (χ0n) is 10.4. The van der Waals surface area contributed by atoms with Crippen LogP contribution in [0.15, 0.2) is 0 Å². The van der Waals surface area contributed by atoms with Crippen LogP contribution in [0.3, 0.4) is 0 Å². The highest BCUT2D eigenvalue weighted by Gasteiger charge is 2.17. The highest BCUT2D eigenvalue weighted by Crippen LogP contribution is 2.18. The zero-order chi connectivity index (χ0) is 13.4. The third-order valence-electron chi connectivity index (χ3n) is 3.03. The molecule has 2 N–H and O–H groups in total. The molecule has 106 valence electrons. The van der Waals surface area contributed by atoms with Crippen LogP contribution in [0.5, 0.6) is 0 Å². The molecule has 1 rings (SSSR count). The first kappa shape index (κ1) is 15.4. The van der Waals surface area contributed by atoms with Gasteiger partial charge < -0.3 is 9.84 Å². The molecule has 0 aromatic carbocycles. The van der Waals surface area contributed by atoms with Crippen LogP contribution in [-0.4, -0.2) is 45.0 Å². The number of carboxylic acids is 1. The van der Waals surface area contributed by atoms with Gasteiger partial charge >= 0.3 is 5.97 Å². The molecule has 0 aromatic rings. The lowest BCUT2D eigenvalue weighted by Crippen LogP contribution is -2.29. The molecule has 0 aliphatic carbocycles. The molecule has 0 saturated carbocycles. The molecule has 0 radical (unpaired) electrons. The number of ether oxygens (including phenoxy) is 1. The Morgan fingerprint density at radius 2 is 2.00 bits per heavy atom. The van der Waals surface area contributed by atoms with Crippen molar-refractivity contribution in [2.24, 2.45) is 5.92 Å². The van der Waals surface area contributed by atoms with Gasteiger partial charge in [0.15, 0.2) is 0 Å². The van der Waals surface area contributed by atoms with Gasteiger partial charge in [-0.05, 0) is 31.6 Å². The van der Waals surface area contributed by atoms with E-state index < -0.39 is 16.0 Å². The molecule has 18 heavy (non-hydrogen) atoms. The number of carboxylic acid groups (broad SMARTS) is 1.